The predicted molar refractivity (Wildman–Crippen MR) is 131 cm³/mol. The number of carbonyl (C=O) groups excluding carboxylic acids is 3. The monoisotopic (exact) mass is 487 g/mol. The summed E-state index contributed by atoms with van der Waals surface area (Å²) in [6, 6.07) is 22.6. The van der Waals surface area contributed by atoms with Gasteiger partial charge in [-0.1, -0.05) is 29.8 Å². The lowest BCUT2D eigenvalue weighted by Crippen LogP contribution is -2.18. The van der Waals surface area contributed by atoms with Crippen molar-refractivity contribution in [2.45, 2.75) is 0 Å². The molecule has 4 aromatic rings. The molecule has 0 bridgehead atoms. The van der Waals surface area contributed by atoms with E-state index in [-0.39, 0.29) is 11.5 Å². The molecule has 2 N–H and O–H groups in total. The Hall–Kier alpha value is -4.69. The van der Waals surface area contributed by atoms with E-state index in [9.17, 15) is 14.4 Å². The van der Waals surface area contributed by atoms with Crippen molar-refractivity contribution >= 4 is 41.3 Å². The van der Waals surface area contributed by atoms with Crippen LogP contribution in [-0.4, -0.2) is 24.0 Å². The largest absolute Gasteiger partial charge is 0.459 e. The number of halogens is 1. The van der Waals surface area contributed by atoms with E-state index in [2.05, 4.69) is 15.8 Å². The van der Waals surface area contributed by atoms with E-state index in [1.165, 1.54) is 24.6 Å². The highest BCUT2D eigenvalue weighted by atomic mass is 35.5. The third-order valence-electron chi connectivity index (χ3n) is 4.70. The topological polar surface area (TPSA) is 110 Å². The molecule has 4 rings (SSSR count). The maximum absolute atomic E-state index is 12.4. The molecule has 0 radical (unpaired) electrons. The van der Waals surface area contributed by atoms with Gasteiger partial charge >= 0.3 is 5.97 Å². The predicted octanol–water partition coefficient (Wildman–Crippen LogP) is 5.17. The number of carbonyl (C=O) groups is 3. The lowest BCUT2D eigenvalue weighted by atomic mass is 10.2. The van der Waals surface area contributed by atoms with E-state index in [0.717, 1.165) is 0 Å². The number of nitrogens with one attached hydrogen (secondary N) is 2. The highest BCUT2D eigenvalue weighted by molar-refractivity contribution is 6.31. The van der Waals surface area contributed by atoms with Gasteiger partial charge in [-0.2, -0.15) is 5.10 Å². The van der Waals surface area contributed by atoms with Gasteiger partial charge in [-0.25, -0.2) is 10.2 Å². The summed E-state index contributed by atoms with van der Waals surface area (Å²) < 4.78 is 10.5. The quantitative estimate of drug-likeness (QED) is 0.162. The zero-order valence-corrected chi connectivity index (χ0v) is 18.9. The lowest BCUT2D eigenvalue weighted by molar-refractivity contribution is 0.0734. The SMILES string of the molecule is O=C(N/N=C/c1cc(Cl)ccc1OC(=O)c1ccccc1)c1ccc(NC(=O)c2ccco2)cc1. The summed E-state index contributed by atoms with van der Waals surface area (Å²) in [6.07, 6.45) is 2.73. The molecule has 3 aromatic carbocycles. The Morgan fingerprint density at radius 2 is 1.63 bits per heavy atom. The second kappa shape index (κ2) is 11.0. The lowest BCUT2D eigenvalue weighted by Gasteiger charge is -2.08. The molecule has 8 nitrogen and oxygen atoms in total. The number of benzene rings is 3. The maximum Gasteiger partial charge on any atom is 0.343 e. The van der Waals surface area contributed by atoms with Crippen molar-refractivity contribution < 1.29 is 23.5 Å². The molecule has 0 saturated carbocycles. The summed E-state index contributed by atoms with van der Waals surface area (Å²) in [5.74, 6) is -1.00. The first-order valence-corrected chi connectivity index (χ1v) is 10.7. The third kappa shape index (κ3) is 6.21. The molecule has 0 aliphatic rings. The summed E-state index contributed by atoms with van der Waals surface area (Å²) >= 11 is 6.07. The normalized spacial score (nSPS) is 10.7. The molecule has 1 heterocycles. The summed E-state index contributed by atoms with van der Waals surface area (Å²) in [5, 5.41) is 7.02. The number of hydrogen-bond acceptors (Lipinski definition) is 6. The Labute approximate surface area is 205 Å². The average molecular weight is 488 g/mol. The number of esters is 1. The molecule has 0 fully saturated rings. The van der Waals surface area contributed by atoms with Crippen LogP contribution < -0.4 is 15.5 Å². The second-order valence-electron chi connectivity index (χ2n) is 7.15. The Morgan fingerprint density at radius 1 is 0.857 bits per heavy atom. The number of ether oxygens (including phenoxy) is 1. The van der Waals surface area contributed by atoms with Gasteiger partial charge in [-0.05, 0) is 66.7 Å². The van der Waals surface area contributed by atoms with Crippen molar-refractivity contribution in [2.75, 3.05) is 5.32 Å². The highest BCUT2D eigenvalue weighted by Crippen LogP contribution is 2.22. The van der Waals surface area contributed by atoms with E-state index < -0.39 is 17.8 Å². The number of amides is 2. The minimum atomic E-state index is -0.536. The molecule has 2 amide bonds. The standard InChI is InChI=1S/C26H18ClN3O5/c27-20-10-13-22(35-26(33)18-5-2-1-3-6-18)19(15-20)16-28-30-24(31)17-8-11-21(12-9-17)29-25(32)23-7-4-14-34-23/h1-16H,(H,29,32)(H,30,31)/b28-16+. The molecular formula is C26H18ClN3O5. The van der Waals surface area contributed by atoms with Gasteiger partial charge < -0.3 is 14.5 Å². The van der Waals surface area contributed by atoms with Crippen LogP contribution in [0.1, 0.15) is 36.8 Å². The molecule has 0 aliphatic carbocycles. The molecule has 0 spiro atoms. The van der Waals surface area contributed by atoms with E-state index in [0.29, 0.717) is 27.4 Å². The summed E-state index contributed by atoms with van der Waals surface area (Å²) in [6.45, 7) is 0. The Morgan fingerprint density at radius 3 is 2.34 bits per heavy atom. The van der Waals surface area contributed by atoms with Crippen molar-refractivity contribution in [1.29, 1.82) is 0 Å². The Kier molecular flexibility index (Phi) is 7.34. The van der Waals surface area contributed by atoms with Gasteiger partial charge in [0, 0.05) is 21.8 Å². The fourth-order valence-corrected chi connectivity index (χ4v) is 3.16. The first-order valence-electron chi connectivity index (χ1n) is 10.3. The number of hydrogen-bond donors (Lipinski definition) is 2. The van der Waals surface area contributed by atoms with Crippen LogP contribution in [0.25, 0.3) is 0 Å². The molecule has 1 aromatic heterocycles. The van der Waals surface area contributed by atoms with Gasteiger partial charge in [0.1, 0.15) is 5.75 Å². The minimum absolute atomic E-state index is 0.177. The van der Waals surface area contributed by atoms with Crippen LogP contribution in [0.5, 0.6) is 5.75 Å². The number of hydrazone groups is 1. The fraction of sp³-hybridized carbons (Fsp3) is 0. The average Bonchev–Trinajstić information content (AvgIpc) is 3.42. The van der Waals surface area contributed by atoms with E-state index in [1.807, 2.05) is 0 Å². The van der Waals surface area contributed by atoms with Crippen LogP contribution >= 0.6 is 11.6 Å². The van der Waals surface area contributed by atoms with Crippen LogP contribution in [0.4, 0.5) is 5.69 Å². The Bertz CT molecular complexity index is 1370. The first-order chi connectivity index (χ1) is 17.0. The van der Waals surface area contributed by atoms with Gasteiger partial charge in [0.05, 0.1) is 18.0 Å². The van der Waals surface area contributed by atoms with Crippen LogP contribution in [0.15, 0.2) is 101 Å². The van der Waals surface area contributed by atoms with Gasteiger partial charge in [0.15, 0.2) is 5.76 Å². The van der Waals surface area contributed by atoms with Crippen molar-refractivity contribution in [3.05, 3.63) is 119 Å². The molecule has 35 heavy (non-hydrogen) atoms. The summed E-state index contributed by atoms with van der Waals surface area (Å²) in [7, 11) is 0. The maximum atomic E-state index is 12.4. The first kappa shape index (κ1) is 23.5. The van der Waals surface area contributed by atoms with Crippen molar-refractivity contribution in [1.82, 2.24) is 5.43 Å². The van der Waals surface area contributed by atoms with Crippen molar-refractivity contribution in [3.8, 4) is 5.75 Å². The third-order valence-corrected chi connectivity index (χ3v) is 4.94. The number of rotatable bonds is 7. The summed E-state index contributed by atoms with van der Waals surface area (Å²) in [4.78, 5) is 36.8. The molecule has 0 atom stereocenters. The zero-order valence-electron chi connectivity index (χ0n) is 18.1. The molecule has 0 aliphatic heterocycles. The van der Waals surface area contributed by atoms with E-state index in [4.69, 9.17) is 20.8 Å². The smallest absolute Gasteiger partial charge is 0.343 e. The van der Waals surface area contributed by atoms with Gasteiger partial charge in [-0.3, -0.25) is 9.59 Å². The molecule has 9 heteroatoms. The molecule has 0 unspecified atom stereocenters. The van der Waals surface area contributed by atoms with Crippen molar-refractivity contribution in [2.24, 2.45) is 5.10 Å². The van der Waals surface area contributed by atoms with Crippen molar-refractivity contribution in [3.63, 3.8) is 0 Å². The van der Waals surface area contributed by atoms with Crippen LogP contribution in [-0.2, 0) is 0 Å². The number of anilines is 1. The van der Waals surface area contributed by atoms with Gasteiger partial charge in [-0.15, -0.1) is 0 Å². The zero-order chi connectivity index (χ0) is 24.6. The summed E-state index contributed by atoms with van der Waals surface area (Å²) in [5.41, 5.74) is 4.01. The Balaban J connectivity index is 1.39. The van der Waals surface area contributed by atoms with Crippen LogP contribution in [0.3, 0.4) is 0 Å². The number of furan rings is 1. The van der Waals surface area contributed by atoms with E-state index in [1.54, 1.807) is 72.8 Å². The van der Waals surface area contributed by atoms with E-state index >= 15 is 0 Å². The molecular weight excluding hydrogens is 470 g/mol. The van der Waals surface area contributed by atoms with Crippen LogP contribution in [0.2, 0.25) is 5.02 Å². The van der Waals surface area contributed by atoms with Crippen LogP contribution in [0, 0.1) is 0 Å². The fourth-order valence-electron chi connectivity index (χ4n) is 2.98. The molecule has 0 saturated heterocycles. The van der Waals surface area contributed by atoms with Gasteiger partial charge in [0.25, 0.3) is 11.8 Å². The second-order valence-corrected chi connectivity index (χ2v) is 7.58. The highest BCUT2D eigenvalue weighted by Gasteiger charge is 2.12. The minimum Gasteiger partial charge on any atom is -0.459 e. The molecule has 174 valence electrons. The van der Waals surface area contributed by atoms with Gasteiger partial charge in [0.2, 0.25) is 0 Å². The number of nitrogens with zero attached hydrogens (tertiary/aromatic N) is 1.